The third-order valence-corrected chi connectivity index (χ3v) is 6.46. The highest BCUT2D eigenvalue weighted by Gasteiger charge is 2.25. The van der Waals surface area contributed by atoms with Gasteiger partial charge in [-0.25, -0.2) is 0 Å². The molecule has 31 heavy (non-hydrogen) atoms. The second kappa shape index (κ2) is 12.6. The molecule has 2 aliphatic heterocycles. The zero-order valence-electron chi connectivity index (χ0n) is 19.7. The number of aliphatic imine (C=N–C) groups is 1. The number of guanidine groups is 1. The largest absolute Gasteiger partial charge is 0.497 e. The van der Waals surface area contributed by atoms with E-state index in [1.165, 1.54) is 25.9 Å². The van der Waals surface area contributed by atoms with Crippen LogP contribution in [0.2, 0.25) is 0 Å². The summed E-state index contributed by atoms with van der Waals surface area (Å²) in [6, 6.07) is 6.92. The molecule has 0 amide bonds. The molecule has 7 nitrogen and oxygen atoms in total. The lowest BCUT2D eigenvalue weighted by molar-refractivity contribution is 0.147. The summed E-state index contributed by atoms with van der Waals surface area (Å²) in [5, 5.41) is 7.14. The number of rotatable bonds is 7. The highest BCUT2D eigenvalue weighted by Crippen LogP contribution is 2.30. The molecule has 8 heteroatoms. The van der Waals surface area contributed by atoms with E-state index in [9.17, 15) is 0 Å². The molecule has 2 N–H and O–H groups in total. The first kappa shape index (κ1) is 25.8. The first-order valence-corrected chi connectivity index (χ1v) is 11.2. The predicted octanol–water partition coefficient (Wildman–Crippen LogP) is 3.19. The molecule has 0 saturated carbocycles. The summed E-state index contributed by atoms with van der Waals surface area (Å²) >= 11 is 0. The average Bonchev–Trinajstić information content (AvgIpc) is 3.25. The Morgan fingerprint density at radius 3 is 2.32 bits per heavy atom. The van der Waals surface area contributed by atoms with Crippen molar-refractivity contribution < 1.29 is 9.47 Å². The van der Waals surface area contributed by atoms with Gasteiger partial charge in [0.2, 0.25) is 0 Å². The van der Waals surface area contributed by atoms with Crippen LogP contribution in [0.25, 0.3) is 0 Å². The number of benzene rings is 1. The van der Waals surface area contributed by atoms with E-state index < -0.39 is 0 Å². The molecule has 1 aromatic carbocycles. The number of halogens is 1. The number of nitrogens with zero attached hydrogens (tertiary/aromatic N) is 3. The summed E-state index contributed by atoms with van der Waals surface area (Å²) in [6.07, 6.45) is 3.69. The Hall–Kier alpha value is -1.42. The second-order valence-electron chi connectivity index (χ2n) is 8.67. The van der Waals surface area contributed by atoms with Crippen molar-refractivity contribution in [1.82, 2.24) is 15.5 Å². The van der Waals surface area contributed by atoms with Crippen molar-refractivity contribution >= 4 is 35.6 Å². The summed E-state index contributed by atoms with van der Waals surface area (Å²) in [6.45, 7) is 9.92. The van der Waals surface area contributed by atoms with Gasteiger partial charge in [0.15, 0.2) is 5.96 Å². The average molecular weight is 546 g/mol. The third-order valence-electron chi connectivity index (χ3n) is 6.46. The van der Waals surface area contributed by atoms with Crippen LogP contribution in [-0.2, 0) is 0 Å². The monoisotopic (exact) mass is 545 g/mol. The van der Waals surface area contributed by atoms with Crippen LogP contribution in [0.1, 0.15) is 33.1 Å². The Kier molecular flexibility index (Phi) is 10.5. The molecule has 0 spiro atoms. The van der Waals surface area contributed by atoms with Gasteiger partial charge in [0, 0.05) is 62.7 Å². The lowest BCUT2D eigenvalue weighted by atomic mass is 9.98. The Bertz CT molecular complexity index is 687. The van der Waals surface area contributed by atoms with E-state index in [1.54, 1.807) is 14.2 Å². The van der Waals surface area contributed by atoms with Gasteiger partial charge in [-0.3, -0.25) is 9.89 Å². The molecule has 0 bridgehead atoms. The second-order valence-corrected chi connectivity index (χ2v) is 8.67. The molecule has 2 aliphatic rings. The fraction of sp³-hybridized carbons (Fsp3) is 0.696. The van der Waals surface area contributed by atoms with Crippen molar-refractivity contribution in [3.63, 3.8) is 0 Å². The quantitative estimate of drug-likeness (QED) is 0.312. The first-order chi connectivity index (χ1) is 14.5. The fourth-order valence-electron chi connectivity index (χ4n) is 4.32. The van der Waals surface area contributed by atoms with Crippen molar-refractivity contribution in [1.29, 1.82) is 0 Å². The summed E-state index contributed by atoms with van der Waals surface area (Å²) in [7, 11) is 5.23. The highest BCUT2D eigenvalue weighted by atomic mass is 127. The van der Waals surface area contributed by atoms with Gasteiger partial charge in [-0.15, -0.1) is 24.0 Å². The molecule has 2 atom stereocenters. The number of hydrogen-bond donors (Lipinski definition) is 2. The minimum Gasteiger partial charge on any atom is -0.497 e. The van der Waals surface area contributed by atoms with Crippen LogP contribution >= 0.6 is 24.0 Å². The van der Waals surface area contributed by atoms with Gasteiger partial charge in [0.05, 0.1) is 14.2 Å². The zero-order valence-corrected chi connectivity index (χ0v) is 22.0. The van der Waals surface area contributed by atoms with Crippen LogP contribution < -0.4 is 25.0 Å². The van der Waals surface area contributed by atoms with E-state index in [4.69, 9.17) is 9.47 Å². The number of nitrogens with one attached hydrogen (secondary N) is 2. The van der Waals surface area contributed by atoms with Crippen LogP contribution in [0.15, 0.2) is 23.2 Å². The number of likely N-dealkylation sites (tertiary alicyclic amines) is 1. The Balaban J connectivity index is 0.00000341. The first-order valence-electron chi connectivity index (χ1n) is 11.2. The van der Waals surface area contributed by atoms with Gasteiger partial charge in [0.25, 0.3) is 0 Å². The van der Waals surface area contributed by atoms with Crippen LogP contribution in [0, 0.1) is 5.92 Å². The SMILES string of the molecule is CN=C(NCC(C)N1CCC(C)CC1)NC1CCN(c2cc(OC)cc(OC)c2)C1.I. The number of hydrogen-bond acceptors (Lipinski definition) is 5. The van der Waals surface area contributed by atoms with Gasteiger partial charge in [-0.1, -0.05) is 6.92 Å². The summed E-state index contributed by atoms with van der Waals surface area (Å²) < 4.78 is 10.8. The van der Waals surface area contributed by atoms with Crippen molar-refractivity contribution in [3.05, 3.63) is 18.2 Å². The molecule has 0 radical (unpaired) electrons. The highest BCUT2D eigenvalue weighted by molar-refractivity contribution is 14.0. The van der Waals surface area contributed by atoms with Gasteiger partial charge in [0.1, 0.15) is 11.5 Å². The van der Waals surface area contributed by atoms with Gasteiger partial charge in [-0.2, -0.15) is 0 Å². The van der Waals surface area contributed by atoms with Gasteiger partial charge >= 0.3 is 0 Å². The molecule has 176 valence electrons. The fourth-order valence-corrected chi connectivity index (χ4v) is 4.32. The molecule has 2 saturated heterocycles. The van der Waals surface area contributed by atoms with E-state index >= 15 is 0 Å². The van der Waals surface area contributed by atoms with E-state index in [0.29, 0.717) is 12.1 Å². The van der Waals surface area contributed by atoms with Crippen molar-refractivity contribution in [2.45, 2.75) is 45.2 Å². The summed E-state index contributed by atoms with van der Waals surface area (Å²) in [5.41, 5.74) is 1.13. The van der Waals surface area contributed by atoms with Crippen LogP contribution in [-0.4, -0.2) is 76.9 Å². The normalized spacial score (nSPS) is 21.4. The Morgan fingerprint density at radius 2 is 1.74 bits per heavy atom. The number of ether oxygens (including phenoxy) is 2. The standard InChI is InChI=1S/C23H39N5O2.HI/c1-17-6-9-27(10-7-17)18(2)15-25-23(24-3)26-19-8-11-28(16-19)20-12-21(29-4)14-22(13-20)30-5;/h12-14,17-19H,6-11,15-16H2,1-5H3,(H2,24,25,26);1H. The molecule has 1 aromatic rings. The van der Waals surface area contributed by atoms with E-state index in [-0.39, 0.29) is 24.0 Å². The predicted molar refractivity (Wildman–Crippen MR) is 140 cm³/mol. The summed E-state index contributed by atoms with van der Waals surface area (Å²) in [4.78, 5) is 9.41. The maximum atomic E-state index is 5.42. The molecular formula is C23H40IN5O2. The molecule has 2 fully saturated rings. The smallest absolute Gasteiger partial charge is 0.191 e. The van der Waals surface area contributed by atoms with Crippen LogP contribution in [0.5, 0.6) is 11.5 Å². The lowest BCUT2D eigenvalue weighted by Gasteiger charge is -2.35. The topological polar surface area (TPSA) is 61.4 Å². The molecule has 0 aromatic heterocycles. The minimum atomic E-state index is 0. The van der Waals surface area contributed by atoms with Crippen molar-refractivity contribution in [2.75, 3.05) is 58.9 Å². The third kappa shape index (κ3) is 7.30. The summed E-state index contributed by atoms with van der Waals surface area (Å²) in [5.74, 6) is 3.40. The lowest BCUT2D eigenvalue weighted by Crippen LogP contribution is -2.50. The van der Waals surface area contributed by atoms with E-state index in [0.717, 1.165) is 55.1 Å². The number of anilines is 1. The van der Waals surface area contributed by atoms with Crippen LogP contribution in [0.3, 0.4) is 0 Å². The van der Waals surface area contributed by atoms with Gasteiger partial charge in [-0.05, 0) is 45.2 Å². The molecule has 0 aliphatic carbocycles. The number of piperidine rings is 1. The van der Waals surface area contributed by atoms with Crippen molar-refractivity contribution in [3.8, 4) is 11.5 Å². The Labute approximate surface area is 205 Å². The maximum Gasteiger partial charge on any atom is 0.191 e. The zero-order chi connectivity index (χ0) is 21.5. The maximum absolute atomic E-state index is 5.42. The minimum absolute atomic E-state index is 0. The molecular weight excluding hydrogens is 505 g/mol. The molecule has 2 heterocycles. The number of methoxy groups -OCH3 is 2. The molecule has 2 unspecified atom stereocenters. The van der Waals surface area contributed by atoms with Crippen LogP contribution in [0.4, 0.5) is 5.69 Å². The van der Waals surface area contributed by atoms with E-state index in [2.05, 4.69) is 51.4 Å². The molecule has 3 rings (SSSR count). The Morgan fingerprint density at radius 1 is 1.10 bits per heavy atom. The van der Waals surface area contributed by atoms with Crippen molar-refractivity contribution in [2.24, 2.45) is 10.9 Å². The van der Waals surface area contributed by atoms with E-state index in [1.807, 2.05) is 13.1 Å². The van der Waals surface area contributed by atoms with Gasteiger partial charge < -0.3 is 25.0 Å².